The Bertz CT molecular complexity index is 1350. The van der Waals surface area contributed by atoms with E-state index >= 15 is 0 Å². The van der Waals surface area contributed by atoms with Gasteiger partial charge in [-0.15, -0.1) is 11.3 Å². The van der Waals surface area contributed by atoms with Crippen molar-refractivity contribution in [2.24, 2.45) is 10.7 Å². The van der Waals surface area contributed by atoms with Gasteiger partial charge in [0.25, 0.3) is 15.9 Å². The molecule has 4 rings (SSSR count). The Balaban J connectivity index is 1.49. The molecule has 2 aromatic carbocycles. The first kappa shape index (κ1) is 23.5. The average Bonchev–Trinajstić information content (AvgIpc) is 3.27. The molecule has 11 heteroatoms. The van der Waals surface area contributed by atoms with E-state index < -0.39 is 10.0 Å². The smallest absolute Gasteiger partial charge is 0.257 e. The van der Waals surface area contributed by atoms with E-state index in [-0.39, 0.29) is 36.3 Å². The molecule has 2 N–H and O–H groups in total. The Labute approximate surface area is 201 Å². The lowest BCUT2D eigenvalue weighted by Crippen LogP contribution is -2.50. The summed E-state index contributed by atoms with van der Waals surface area (Å²) in [6, 6.07) is 12.0. The predicted octanol–water partition coefficient (Wildman–Crippen LogP) is 3.05. The molecule has 0 radical (unpaired) electrons. The number of benzene rings is 2. The van der Waals surface area contributed by atoms with Crippen LogP contribution in [-0.2, 0) is 10.0 Å². The second kappa shape index (κ2) is 9.30. The lowest BCUT2D eigenvalue weighted by atomic mass is 10.1. The second-order valence-electron chi connectivity index (χ2n) is 7.47. The van der Waals surface area contributed by atoms with Crippen LogP contribution < -0.4 is 10.5 Å². The number of carbonyl (C=O) groups excluding carboxylic acids is 1. The number of carbonyl (C=O) groups is 1. The van der Waals surface area contributed by atoms with Crippen LogP contribution >= 0.6 is 22.9 Å². The summed E-state index contributed by atoms with van der Waals surface area (Å²) in [4.78, 5) is 18.7. The van der Waals surface area contributed by atoms with Crippen molar-refractivity contribution >= 4 is 54.8 Å². The second-order valence-corrected chi connectivity index (χ2v) is 11.2. The summed E-state index contributed by atoms with van der Waals surface area (Å²) < 4.78 is 34.2. The molecular weight excluding hydrogens is 484 g/mol. The average molecular weight is 507 g/mol. The number of halogens is 1. The fraction of sp³-hybridized carbons (Fsp3) is 0.273. The first-order chi connectivity index (χ1) is 15.7. The predicted molar refractivity (Wildman–Crippen MR) is 131 cm³/mol. The molecule has 3 aromatic rings. The highest BCUT2D eigenvalue weighted by atomic mass is 35.5. The molecule has 1 aromatic heterocycles. The van der Waals surface area contributed by atoms with E-state index in [2.05, 4.69) is 4.99 Å². The van der Waals surface area contributed by atoms with Gasteiger partial charge in [-0.2, -0.15) is 4.31 Å². The van der Waals surface area contributed by atoms with Gasteiger partial charge in [-0.1, -0.05) is 23.7 Å². The van der Waals surface area contributed by atoms with Crippen LogP contribution in [0.3, 0.4) is 0 Å². The Kier molecular flexibility index (Phi) is 6.62. The molecule has 0 saturated carbocycles. The summed E-state index contributed by atoms with van der Waals surface area (Å²) >= 11 is 7.22. The topological polar surface area (TPSA) is 105 Å². The molecule has 0 bridgehead atoms. The normalized spacial score (nSPS) is 15.7. The SMILES string of the molecule is CN=C(N)c1ccc(C(=O)N2CCN(S(=O)(=O)c3cc4ccc(Cl)cc4s3)CC2)c(OC)c1. The number of rotatable bonds is 5. The molecule has 0 unspecified atom stereocenters. The van der Waals surface area contributed by atoms with Crippen molar-refractivity contribution in [3.8, 4) is 5.75 Å². The van der Waals surface area contributed by atoms with Crippen molar-refractivity contribution in [3.63, 3.8) is 0 Å². The van der Waals surface area contributed by atoms with Crippen molar-refractivity contribution in [3.05, 3.63) is 58.6 Å². The number of nitrogens with zero attached hydrogens (tertiary/aromatic N) is 3. The molecule has 2 heterocycles. The summed E-state index contributed by atoms with van der Waals surface area (Å²) in [6.07, 6.45) is 0. The molecule has 1 amide bonds. The third-order valence-electron chi connectivity index (χ3n) is 5.55. The number of hydrogen-bond donors (Lipinski definition) is 1. The maximum Gasteiger partial charge on any atom is 0.257 e. The number of nitrogens with two attached hydrogens (primary N) is 1. The van der Waals surface area contributed by atoms with Gasteiger partial charge in [0.2, 0.25) is 0 Å². The van der Waals surface area contributed by atoms with Crippen molar-refractivity contribution in [2.75, 3.05) is 40.3 Å². The first-order valence-electron chi connectivity index (χ1n) is 10.1. The highest BCUT2D eigenvalue weighted by Crippen LogP contribution is 2.33. The maximum absolute atomic E-state index is 13.2. The molecule has 8 nitrogen and oxygen atoms in total. The highest BCUT2D eigenvalue weighted by Gasteiger charge is 2.32. The van der Waals surface area contributed by atoms with Crippen LogP contribution in [0, 0.1) is 0 Å². The third-order valence-corrected chi connectivity index (χ3v) is 9.23. The molecular formula is C22H23ClN4O4S2. The van der Waals surface area contributed by atoms with Crippen LogP contribution in [0.1, 0.15) is 15.9 Å². The fourth-order valence-electron chi connectivity index (χ4n) is 3.69. The van der Waals surface area contributed by atoms with Gasteiger partial charge in [-0.05, 0) is 35.7 Å². The summed E-state index contributed by atoms with van der Waals surface area (Å²) in [5.41, 5.74) is 6.90. The minimum absolute atomic E-state index is 0.207. The van der Waals surface area contributed by atoms with Gasteiger partial charge in [0.15, 0.2) is 0 Å². The minimum Gasteiger partial charge on any atom is -0.496 e. The molecule has 33 heavy (non-hydrogen) atoms. The molecule has 1 aliphatic rings. The van der Waals surface area contributed by atoms with E-state index in [1.807, 2.05) is 6.07 Å². The molecule has 1 fully saturated rings. The summed E-state index contributed by atoms with van der Waals surface area (Å²) in [6.45, 7) is 0.967. The lowest BCUT2D eigenvalue weighted by molar-refractivity contribution is 0.0694. The number of thiophene rings is 1. The van der Waals surface area contributed by atoms with Gasteiger partial charge in [-0.3, -0.25) is 9.79 Å². The Morgan fingerprint density at radius 3 is 2.52 bits per heavy atom. The number of fused-ring (bicyclic) bond motifs is 1. The Hall–Kier alpha value is -2.66. The monoisotopic (exact) mass is 506 g/mol. The molecule has 0 aliphatic carbocycles. The van der Waals surface area contributed by atoms with E-state index in [0.29, 0.717) is 27.7 Å². The molecule has 174 valence electrons. The van der Waals surface area contributed by atoms with Gasteiger partial charge in [-0.25, -0.2) is 8.42 Å². The third kappa shape index (κ3) is 4.56. The number of amidine groups is 1. The van der Waals surface area contributed by atoms with Crippen molar-refractivity contribution in [1.82, 2.24) is 9.21 Å². The van der Waals surface area contributed by atoms with E-state index in [9.17, 15) is 13.2 Å². The van der Waals surface area contributed by atoms with Gasteiger partial charge >= 0.3 is 0 Å². The number of sulfonamides is 1. The van der Waals surface area contributed by atoms with Crippen molar-refractivity contribution in [2.45, 2.75) is 4.21 Å². The van der Waals surface area contributed by atoms with Gasteiger partial charge in [0.1, 0.15) is 15.8 Å². The molecule has 0 atom stereocenters. The van der Waals surface area contributed by atoms with Crippen molar-refractivity contribution in [1.29, 1.82) is 0 Å². The van der Waals surface area contributed by atoms with Crippen LogP contribution in [0.5, 0.6) is 5.75 Å². The van der Waals surface area contributed by atoms with Crippen LogP contribution in [0.2, 0.25) is 5.02 Å². The van der Waals surface area contributed by atoms with Crippen LogP contribution in [0.4, 0.5) is 0 Å². The number of aliphatic imine (C=N–C) groups is 1. The number of hydrogen-bond acceptors (Lipinski definition) is 6. The zero-order valence-electron chi connectivity index (χ0n) is 18.1. The minimum atomic E-state index is -3.66. The largest absolute Gasteiger partial charge is 0.496 e. The Morgan fingerprint density at radius 2 is 1.85 bits per heavy atom. The highest BCUT2D eigenvalue weighted by molar-refractivity contribution is 7.91. The number of ether oxygens (including phenoxy) is 1. The van der Waals surface area contributed by atoms with Gasteiger partial charge in [0, 0.05) is 48.5 Å². The molecule has 1 aliphatic heterocycles. The Morgan fingerprint density at radius 1 is 1.12 bits per heavy atom. The zero-order chi connectivity index (χ0) is 23.8. The van der Waals surface area contributed by atoms with Crippen LogP contribution in [0.15, 0.2) is 51.7 Å². The fourth-order valence-corrected chi connectivity index (χ4v) is 6.94. The number of piperazine rings is 1. The maximum atomic E-state index is 13.2. The van der Waals surface area contributed by atoms with E-state index in [1.54, 1.807) is 48.3 Å². The van der Waals surface area contributed by atoms with E-state index in [0.717, 1.165) is 10.1 Å². The van der Waals surface area contributed by atoms with E-state index in [1.165, 1.54) is 22.8 Å². The van der Waals surface area contributed by atoms with Crippen LogP contribution in [0.25, 0.3) is 10.1 Å². The lowest BCUT2D eigenvalue weighted by Gasteiger charge is -2.34. The van der Waals surface area contributed by atoms with Crippen LogP contribution in [-0.4, -0.2) is 69.7 Å². The zero-order valence-corrected chi connectivity index (χ0v) is 20.5. The quantitative estimate of drug-likeness (QED) is 0.423. The standard InChI is InChI=1S/C22H23ClN4O4S2/c1-25-21(24)15-4-6-17(18(11-15)31-2)22(28)26-7-9-27(10-8-26)33(29,30)20-12-14-3-5-16(23)13-19(14)32-20/h3-6,11-13H,7-10H2,1-2H3,(H2,24,25). The van der Waals surface area contributed by atoms with Gasteiger partial charge in [0.05, 0.1) is 12.7 Å². The number of amides is 1. The summed E-state index contributed by atoms with van der Waals surface area (Å²) in [5.74, 6) is 0.511. The summed E-state index contributed by atoms with van der Waals surface area (Å²) in [7, 11) is -0.593. The first-order valence-corrected chi connectivity index (χ1v) is 12.8. The van der Waals surface area contributed by atoms with Crippen molar-refractivity contribution < 1.29 is 17.9 Å². The summed E-state index contributed by atoms with van der Waals surface area (Å²) in [5, 5.41) is 1.40. The van der Waals surface area contributed by atoms with Gasteiger partial charge < -0.3 is 15.4 Å². The molecule has 1 saturated heterocycles. The number of methoxy groups -OCH3 is 1. The molecule has 0 spiro atoms. The van der Waals surface area contributed by atoms with E-state index in [4.69, 9.17) is 22.1 Å².